The van der Waals surface area contributed by atoms with Crippen LogP contribution >= 0.6 is 11.8 Å². The van der Waals surface area contributed by atoms with Gasteiger partial charge in [0.1, 0.15) is 5.56 Å². The van der Waals surface area contributed by atoms with Gasteiger partial charge in [0.05, 0.1) is 18.7 Å². The van der Waals surface area contributed by atoms with Gasteiger partial charge in [-0.25, -0.2) is 4.98 Å². The molecular formula is C31H31N5O4S. The maximum absolute atomic E-state index is 13.4. The first-order valence-corrected chi connectivity index (χ1v) is 14.2. The van der Waals surface area contributed by atoms with Gasteiger partial charge >= 0.3 is 0 Å². The van der Waals surface area contributed by atoms with E-state index < -0.39 is 17.4 Å². The van der Waals surface area contributed by atoms with E-state index in [2.05, 4.69) is 21.2 Å². The van der Waals surface area contributed by atoms with Gasteiger partial charge in [0.25, 0.3) is 11.5 Å². The predicted molar refractivity (Wildman–Crippen MR) is 158 cm³/mol. The summed E-state index contributed by atoms with van der Waals surface area (Å²) in [5.74, 6) is -1.41. The van der Waals surface area contributed by atoms with Crippen molar-refractivity contribution < 1.29 is 14.4 Å². The van der Waals surface area contributed by atoms with Crippen LogP contribution in [-0.4, -0.2) is 39.6 Å². The number of carbonyl (C=O) groups excluding carboxylic acids is 3. The third-order valence-electron chi connectivity index (χ3n) is 6.09. The molecule has 4 rings (SSSR count). The van der Waals surface area contributed by atoms with Gasteiger partial charge in [-0.05, 0) is 29.5 Å². The van der Waals surface area contributed by atoms with E-state index in [-0.39, 0.29) is 35.3 Å². The number of hydrogen-bond donors (Lipinski definition) is 3. The molecule has 0 radical (unpaired) electrons. The number of aryl methyl sites for hydroxylation is 1. The molecule has 4 aromatic rings. The number of thioether (sulfide) groups is 1. The van der Waals surface area contributed by atoms with Crippen LogP contribution in [0.25, 0.3) is 0 Å². The van der Waals surface area contributed by atoms with Gasteiger partial charge in [-0.3, -0.25) is 34.6 Å². The minimum atomic E-state index is -0.497. The predicted octanol–water partition coefficient (Wildman–Crippen LogP) is 3.14. The first-order chi connectivity index (χ1) is 20.0. The minimum Gasteiger partial charge on any atom is -0.352 e. The summed E-state index contributed by atoms with van der Waals surface area (Å²) in [6.07, 6.45) is 2.91. The standard InChI is InChI=1S/C31H31N5O4S/c37-27(19-24-13-6-2-7-14-24)34-35-28(38)22-41-31-33-20-26(30(40)36(31)21-25-15-8-3-9-16-25)29(39)32-18-10-17-23-11-4-1-5-12-23/h1-9,11-16,20H,10,17-19,21-22H2,(H,32,39)(H,34,37)(H,35,38). The topological polar surface area (TPSA) is 122 Å². The third-order valence-corrected chi connectivity index (χ3v) is 7.08. The van der Waals surface area contributed by atoms with Crippen molar-refractivity contribution in [2.75, 3.05) is 12.3 Å². The van der Waals surface area contributed by atoms with Crippen LogP contribution in [0.5, 0.6) is 0 Å². The summed E-state index contributed by atoms with van der Waals surface area (Å²) >= 11 is 1.04. The Bertz CT molecular complexity index is 1510. The summed E-state index contributed by atoms with van der Waals surface area (Å²) < 4.78 is 1.39. The maximum Gasteiger partial charge on any atom is 0.267 e. The second kappa shape index (κ2) is 15.2. The Labute approximate surface area is 242 Å². The smallest absolute Gasteiger partial charge is 0.267 e. The van der Waals surface area contributed by atoms with Crippen LogP contribution in [0.1, 0.15) is 33.5 Å². The monoisotopic (exact) mass is 569 g/mol. The molecule has 10 heteroatoms. The zero-order chi connectivity index (χ0) is 28.9. The summed E-state index contributed by atoms with van der Waals surface area (Å²) in [7, 11) is 0. The molecule has 0 spiro atoms. The Kier molecular flexibility index (Phi) is 10.8. The molecule has 0 unspecified atom stereocenters. The van der Waals surface area contributed by atoms with E-state index in [0.717, 1.165) is 35.7 Å². The molecule has 0 fully saturated rings. The summed E-state index contributed by atoms with van der Waals surface area (Å²) in [5.41, 5.74) is 7.06. The number of hydrogen-bond acceptors (Lipinski definition) is 6. The fourth-order valence-corrected chi connectivity index (χ4v) is 4.78. The van der Waals surface area contributed by atoms with E-state index in [1.165, 1.54) is 16.3 Å². The molecule has 9 nitrogen and oxygen atoms in total. The molecule has 41 heavy (non-hydrogen) atoms. The molecular weight excluding hydrogens is 538 g/mol. The highest BCUT2D eigenvalue weighted by molar-refractivity contribution is 7.99. The molecule has 0 aliphatic heterocycles. The molecule has 0 saturated carbocycles. The zero-order valence-corrected chi connectivity index (χ0v) is 23.2. The van der Waals surface area contributed by atoms with E-state index in [9.17, 15) is 19.2 Å². The highest BCUT2D eigenvalue weighted by Gasteiger charge is 2.18. The molecule has 0 aliphatic carbocycles. The Morgan fingerprint density at radius 1 is 0.756 bits per heavy atom. The van der Waals surface area contributed by atoms with E-state index in [1.54, 1.807) is 0 Å². The second-order valence-corrected chi connectivity index (χ2v) is 10.2. The average molecular weight is 570 g/mol. The van der Waals surface area contributed by atoms with Crippen molar-refractivity contribution in [3.8, 4) is 0 Å². The van der Waals surface area contributed by atoms with Gasteiger partial charge in [-0.1, -0.05) is 103 Å². The number of rotatable bonds is 12. The largest absolute Gasteiger partial charge is 0.352 e. The van der Waals surface area contributed by atoms with Gasteiger partial charge < -0.3 is 5.32 Å². The van der Waals surface area contributed by atoms with Gasteiger partial charge in [0.2, 0.25) is 11.8 Å². The van der Waals surface area contributed by atoms with Crippen LogP contribution in [0.4, 0.5) is 0 Å². The van der Waals surface area contributed by atoms with Crippen molar-refractivity contribution in [1.82, 2.24) is 25.7 Å². The van der Waals surface area contributed by atoms with Crippen molar-refractivity contribution in [1.29, 1.82) is 0 Å². The van der Waals surface area contributed by atoms with E-state index in [0.29, 0.717) is 6.54 Å². The van der Waals surface area contributed by atoms with Crippen molar-refractivity contribution in [2.45, 2.75) is 31.0 Å². The fraction of sp³-hybridized carbons (Fsp3) is 0.194. The Morgan fingerprint density at radius 2 is 1.34 bits per heavy atom. The highest BCUT2D eigenvalue weighted by Crippen LogP contribution is 2.15. The summed E-state index contributed by atoms with van der Waals surface area (Å²) in [6.45, 7) is 0.595. The fourth-order valence-electron chi connectivity index (χ4n) is 4.02. The van der Waals surface area contributed by atoms with Crippen LogP contribution in [0.3, 0.4) is 0 Å². The maximum atomic E-state index is 13.4. The Hall–Kier alpha value is -4.70. The molecule has 210 valence electrons. The number of benzene rings is 3. The Balaban J connectivity index is 1.37. The second-order valence-electron chi connectivity index (χ2n) is 9.22. The van der Waals surface area contributed by atoms with Crippen molar-refractivity contribution >= 4 is 29.5 Å². The van der Waals surface area contributed by atoms with Crippen molar-refractivity contribution in [3.63, 3.8) is 0 Å². The Morgan fingerprint density at radius 3 is 2.00 bits per heavy atom. The molecule has 0 atom stereocenters. The number of carbonyl (C=O) groups is 3. The number of aromatic nitrogens is 2. The molecule has 1 heterocycles. The van der Waals surface area contributed by atoms with Gasteiger partial charge in [-0.2, -0.15) is 0 Å². The summed E-state index contributed by atoms with van der Waals surface area (Å²) in [6, 6.07) is 28.5. The molecule has 3 amide bonds. The lowest BCUT2D eigenvalue weighted by Crippen LogP contribution is -2.43. The molecule has 3 N–H and O–H groups in total. The van der Waals surface area contributed by atoms with Gasteiger partial charge in [0.15, 0.2) is 5.16 Å². The first-order valence-electron chi connectivity index (χ1n) is 13.2. The SMILES string of the molecule is O=C(CSc1ncc(C(=O)NCCCc2ccccc2)c(=O)n1Cc1ccccc1)NNC(=O)Cc1ccccc1. The first kappa shape index (κ1) is 29.3. The van der Waals surface area contributed by atoms with Crippen molar-refractivity contribution in [3.05, 3.63) is 130 Å². The normalized spacial score (nSPS) is 10.5. The summed E-state index contributed by atoms with van der Waals surface area (Å²) in [4.78, 5) is 55.2. The lowest BCUT2D eigenvalue weighted by atomic mass is 10.1. The third kappa shape index (κ3) is 9.18. The van der Waals surface area contributed by atoms with Gasteiger partial charge in [-0.15, -0.1) is 0 Å². The zero-order valence-electron chi connectivity index (χ0n) is 22.4. The number of nitrogens with zero attached hydrogens (tertiary/aromatic N) is 2. The number of hydrazine groups is 1. The van der Waals surface area contributed by atoms with Crippen LogP contribution < -0.4 is 21.7 Å². The van der Waals surface area contributed by atoms with Crippen LogP contribution in [0, 0.1) is 0 Å². The quantitative estimate of drug-likeness (QED) is 0.104. The van der Waals surface area contributed by atoms with E-state index >= 15 is 0 Å². The van der Waals surface area contributed by atoms with Crippen molar-refractivity contribution in [2.24, 2.45) is 0 Å². The van der Waals surface area contributed by atoms with Crippen LogP contribution in [-0.2, 0) is 29.0 Å². The molecule has 3 aromatic carbocycles. The van der Waals surface area contributed by atoms with Crippen LogP contribution in [0.2, 0.25) is 0 Å². The van der Waals surface area contributed by atoms with Gasteiger partial charge in [0, 0.05) is 12.7 Å². The van der Waals surface area contributed by atoms with E-state index in [1.807, 2.05) is 91.0 Å². The average Bonchev–Trinajstić information content (AvgIpc) is 3.00. The molecule has 0 aliphatic rings. The number of nitrogens with one attached hydrogen (secondary N) is 3. The highest BCUT2D eigenvalue weighted by atomic mass is 32.2. The number of amides is 3. The molecule has 0 bridgehead atoms. The van der Waals surface area contributed by atoms with Crippen LogP contribution in [0.15, 0.2) is 107 Å². The lowest BCUT2D eigenvalue weighted by Gasteiger charge is -2.14. The lowest BCUT2D eigenvalue weighted by molar-refractivity contribution is -0.127. The summed E-state index contributed by atoms with van der Waals surface area (Å²) in [5, 5.41) is 3.09. The molecule has 1 aromatic heterocycles. The molecule has 0 saturated heterocycles. The minimum absolute atomic E-state index is 0.0670. The van der Waals surface area contributed by atoms with E-state index in [4.69, 9.17) is 0 Å².